The van der Waals surface area contributed by atoms with Crippen molar-refractivity contribution in [1.29, 1.82) is 5.26 Å². The Labute approximate surface area is 123 Å². The highest BCUT2D eigenvalue weighted by Crippen LogP contribution is 2.46. The molecule has 3 rings (SSSR count). The molecule has 1 aliphatic rings. The zero-order valence-electron chi connectivity index (χ0n) is 11.8. The molecule has 0 bridgehead atoms. The summed E-state index contributed by atoms with van der Waals surface area (Å²) < 4.78 is 5.02. The fourth-order valence-electron chi connectivity index (χ4n) is 3.06. The number of pyridine rings is 1. The lowest BCUT2D eigenvalue weighted by molar-refractivity contribution is 0.110. The summed E-state index contributed by atoms with van der Waals surface area (Å²) in [6.07, 6.45) is 2.11. The Bertz CT molecular complexity index is 691. The van der Waals surface area contributed by atoms with Gasteiger partial charge in [-0.1, -0.05) is 24.3 Å². The molecule has 1 aromatic carbocycles. The number of aliphatic hydroxyl groups is 1. The second-order valence-corrected chi connectivity index (χ2v) is 5.28. The van der Waals surface area contributed by atoms with Crippen molar-refractivity contribution in [2.24, 2.45) is 0 Å². The molecule has 4 heteroatoms. The molecular weight excluding hydrogens is 264 g/mol. The van der Waals surface area contributed by atoms with Gasteiger partial charge in [0.2, 0.25) is 5.88 Å². The van der Waals surface area contributed by atoms with Crippen LogP contribution in [-0.4, -0.2) is 17.2 Å². The van der Waals surface area contributed by atoms with E-state index in [2.05, 4.69) is 11.1 Å². The molecular formula is C17H16N2O2. The minimum absolute atomic E-state index is 0.490. The fourth-order valence-corrected chi connectivity index (χ4v) is 3.06. The molecule has 106 valence electrons. The number of ether oxygens (including phenoxy) is 1. The molecule has 2 aromatic rings. The van der Waals surface area contributed by atoms with Gasteiger partial charge < -0.3 is 9.84 Å². The highest BCUT2D eigenvalue weighted by Gasteiger charge is 2.45. The van der Waals surface area contributed by atoms with Crippen LogP contribution in [0.5, 0.6) is 5.88 Å². The SMILES string of the molecule is COc1ccc(C(O)C2(C#N)CCc3ccccc32)cn1. The number of aliphatic hydroxyl groups excluding tert-OH is 1. The number of nitrogens with zero attached hydrogens (tertiary/aromatic N) is 2. The monoisotopic (exact) mass is 280 g/mol. The van der Waals surface area contributed by atoms with E-state index in [1.165, 1.54) is 0 Å². The molecule has 4 nitrogen and oxygen atoms in total. The average Bonchev–Trinajstić information content (AvgIpc) is 2.94. The molecule has 1 heterocycles. The first kappa shape index (κ1) is 13.6. The second-order valence-electron chi connectivity index (χ2n) is 5.28. The zero-order valence-corrected chi connectivity index (χ0v) is 11.8. The first-order valence-electron chi connectivity index (χ1n) is 6.89. The third-order valence-electron chi connectivity index (χ3n) is 4.24. The van der Waals surface area contributed by atoms with Gasteiger partial charge in [-0.05, 0) is 30.0 Å². The Kier molecular flexibility index (Phi) is 3.36. The van der Waals surface area contributed by atoms with Crippen LogP contribution in [-0.2, 0) is 11.8 Å². The molecule has 2 unspecified atom stereocenters. The summed E-state index contributed by atoms with van der Waals surface area (Å²) in [6.45, 7) is 0. The number of aryl methyl sites for hydroxylation is 1. The number of benzene rings is 1. The van der Waals surface area contributed by atoms with Crippen molar-refractivity contribution in [3.8, 4) is 11.9 Å². The molecule has 0 spiro atoms. The Balaban J connectivity index is 2.02. The summed E-state index contributed by atoms with van der Waals surface area (Å²) >= 11 is 0. The van der Waals surface area contributed by atoms with Crippen molar-refractivity contribution < 1.29 is 9.84 Å². The number of nitriles is 1. The molecule has 2 atom stereocenters. The molecule has 0 fully saturated rings. The van der Waals surface area contributed by atoms with Gasteiger partial charge in [0.15, 0.2) is 0 Å². The maximum absolute atomic E-state index is 10.8. The van der Waals surface area contributed by atoms with E-state index in [9.17, 15) is 10.4 Å². The summed E-state index contributed by atoms with van der Waals surface area (Å²) in [6, 6.07) is 13.6. The number of methoxy groups -OCH3 is 1. The predicted octanol–water partition coefficient (Wildman–Crippen LogP) is 2.53. The molecule has 1 aliphatic carbocycles. The van der Waals surface area contributed by atoms with E-state index in [1.54, 1.807) is 25.4 Å². The first-order valence-corrected chi connectivity index (χ1v) is 6.89. The molecule has 1 N–H and O–H groups in total. The van der Waals surface area contributed by atoms with Crippen LogP contribution in [0.4, 0.5) is 0 Å². The average molecular weight is 280 g/mol. The van der Waals surface area contributed by atoms with Crippen molar-refractivity contribution >= 4 is 0 Å². The number of hydrogen-bond acceptors (Lipinski definition) is 4. The molecule has 0 amide bonds. The highest BCUT2D eigenvalue weighted by molar-refractivity contribution is 5.47. The lowest BCUT2D eigenvalue weighted by Crippen LogP contribution is -2.29. The topological polar surface area (TPSA) is 66.1 Å². The van der Waals surface area contributed by atoms with Crippen molar-refractivity contribution in [3.05, 3.63) is 59.3 Å². The van der Waals surface area contributed by atoms with Crippen LogP contribution >= 0.6 is 0 Å². The van der Waals surface area contributed by atoms with Gasteiger partial charge >= 0.3 is 0 Å². The Morgan fingerprint density at radius 3 is 2.81 bits per heavy atom. The van der Waals surface area contributed by atoms with Gasteiger partial charge in [0.25, 0.3) is 0 Å². The lowest BCUT2D eigenvalue weighted by atomic mass is 9.76. The van der Waals surface area contributed by atoms with Crippen LogP contribution in [0.25, 0.3) is 0 Å². The van der Waals surface area contributed by atoms with Crippen LogP contribution in [0.3, 0.4) is 0 Å². The molecule has 0 aliphatic heterocycles. The summed E-state index contributed by atoms with van der Waals surface area (Å²) in [4.78, 5) is 4.12. The number of fused-ring (bicyclic) bond motifs is 1. The highest BCUT2D eigenvalue weighted by atomic mass is 16.5. The summed E-state index contributed by atoms with van der Waals surface area (Å²) in [5.74, 6) is 0.490. The maximum Gasteiger partial charge on any atom is 0.212 e. The smallest absolute Gasteiger partial charge is 0.212 e. The fraction of sp³-hybridized carbons (Fsp3) is 0.294. The lowest BCUT2D eigenvalue weighted by Gasteiger charge is -2.28. The minimum Gasteiger partial charge on any atom is -0.481 e. The second kappa shape index (κ2) is 5.19. The van der Waals surface area contributed by atoms with E-state index in [-0.39, 0.29) is 0 Å². The van der Waals surface area contributed by atoms with E-state index in [4.69, 9.17) is 4.74 Å². The number of aromatic nitrogens is 1. The molecule has 0 saturated heterocycles. The van der Waals surface area contributed by atoms with Crippen LogP contribution in [0.1, 0.15) is 29.2 Å². The van der Waals surface area contributed by atoms with Crippen molar-refractivity contribution in [2.45, 2.75) is 24.4 Å². The van der Waals surface area contributed by atoms with E-state index < -0.39 is 11.5 Å². The quantitative estimate of drug-likeness (QED) is 0.938. The first-order chi connectivity index (χ1) is 10.2. The van der Waals surface area contributed by atoms with Crippen molar-refractivity contribution in [3.63, 3.8) is 0 Å². The van der Waals surface area contributed by atoms with Gasteiger partial charge in [0, 0.05) is 17.8 Å². The largest absolute Gasteiger partial charge is 0.481 e. The van der Waals surface area contributed by atoms with E-state index in [0.717, 1.165) is 17.5 Å². The van der Waals surface area contributed by atoms with Gasteiger partial charge in [0.05, 0.1) is 13.2 Å². The van der Waals surface area contributed by atoms with Crippen LogP contribution < -0.4 is 4.74 Å². The van der Waals surface area contributed by atoms with Gasteiger partial charge in [-0.3, -0.25) is 0 Å². The Morgan fingerprint density at radius 1 is 1.33 bits per heavy atom. The number of rotatable bonds is 3. The van der Waals surface area contributed by atoms with Gasteiger partial charge in [-0.2, -0.15) is 5.26 Å². The molecule has 21 heavy (non-hydrogen) atoms. The minimum atomic E-state index is -0.899. The van der Waals surface area contributed by atoms with Crippen LogP contribution in [0.15, 0.2) is 42.6 Å². The normalized spacial score (nSPS) is 21.4. The predicted molar refractivity (Wildman–Crippen MR) is 77.8 cm³/mol. The standard InChI is InChI=1S/C17H16N2O2/c1-21-15-7-6-13(10-19-15)16(20)17(11-18)9-8-12-4-2-3-5-14(12)17/h2-7,10,16,20H,8-9H2,1H3. The third-order valence-corrected chi connectivity index (χ3v) is 4.24. The number of hydrogen-bond donors (Lipinski definition) is 1. The van der Waals surface area contributed by atoms with E-state index in [1.807, 2.05) is 24.3 Å². The van der Waals surface area contributed by atoms with Crippen LogP contribution in [0, 0.1) is 11.3 Å². The van der Waals surface area contributed by atoms with Gasteiger partial charge in [-0.15, -0.1) is 0 Å². The maximum atomic E-state index is 10.8. The van der Waals surface area contributed by atoms with Crippen LogP contribution in [0.2, 0.25) is 0 Å². The molecule has 0 saturated carbocycles. The van der Waals surface area contributed by atoms with E-state index in [0.29, 0.717) is 17.9 Å². The Morgan fingerprint density at radius 2 is 2.14 bits per heavy atom. The van der Waals surface area contributed by atoms with Gasteiger partial charge in [0.1, 0.15) is 11.5 Å². The molecule has 0 radical (unpaired) electrons. The van der Waals surface area contributed by atoms with E-state index >= 15 is 0 Å². The van der Waals surface area contributed by atoms with Crippen molar-refractivity contribution in [1.82, 2.24) is 4.98 Å². The summed E-state index contributed by atoms with van der Waals surface area (Å²) in [7, 11) is 1.54. The third kappa shape index (κ3) is 2.07. The summed E-state index contributed by atoms with van der Waals surface area (Å²) in [5, 5.41) is 20.5. The summed E-state index contributed by atoms with van der Waals surface area (Å²) in [5.41, 5.74) is 1.80. The zero-order chi connectivity index (χ0) is 14.9. The van der Waals surface area contributed by atoms with Crippen molar-refractivity contribution in [2.75, 3.05) is 7.11 Å². The van der Waals surface area contributed by atoms with Gasteiger partial charge in [-0.25, -0.2) is 4.98 Å². The Hall–Kier alpha value is -2.38. The molecule has 1 aromatic heterocycles.